The van der Waals surface area contributed by atoms with E-state index in [1.54, 1.807) is 0 Å². The summed E-state index contributed by atoms with van der Waals surface area (Å²) in [5.74, 6) is 0.236. The molecular weight excluding hydrogens is 371 g/mol. The number of anilines is 3. The molecule has 0 bridgehead atoms. The molecule has 6 nitrogen and oxygen atoms in total. The molecule has 0 atom stereocenters. The fourth-order valence-corrected chi connectivity index (χ4v) is 2.41. The van der Waals surface area contributed by atoms with Crippen molar-refractivity contribution in [2.75, 3.05) is 17.2 Å². The number of hydrogen-bond donors (Lipinski definition) is 2. The van der Waals surface area contributed by atoms with E-state index in [0.717, 1.165) is 11.4 Å². The van der Waals surface area contributed by atoms with Crippen molar-refractivity contribution in [3.63, 3.8) is 0 Å². The molecule has 2 aromatic carbocycles. The number of halogens is 2. The van der Waals surface area contributed by atoms with Crippen molar-refractivity contribution in [3.05, 3.63) is 71.4 Å². The van der Waals surface area contributed by atoms with Crippen molar-refractivity contribution >= 4 is 34.7 Å². The van der Waals surface area contributed by atoms with Crippen LogP contribution in [0.5, 0.6) is 5.75 Å². The highest BCUT2D eigenvalue weighted by molar-refractivity contribution is 6.31. The predicted molar refractivity (Wildman–Crippen MR) is 102 cm³/mol. The number of aromatic nitrogens is 2. The van der Waals surface area contributed by atoms with E-state index < -0.39 is 11.7 Å². The minimum Gasteiger partial charge on any atom is -0.494 e. The molecule has 1 aromatic heterocycles. The largest absolute Gasteiger partial charge is 0.494 e. The Kier molecular flexibility index (Phi) is 5.83. The van der Waals surface area contributed by atoms with Crippen molar-refractivity contribution < 1.29 is 13.9 Å². The Balaban J connectivity index is 1.63. The van der Waals surface area contributed by atoms with Crippen LogP contribution in [0.4, 0.5) is 21.6 Å². The SMILES string of the molecule is CCOc1ccc(Nc2cnc(C(=O)Nc3ccc(F)c(Cl)c3)cn2)cc1. The molecule has 1 amide bonds. The van der Waals surface area contributed by atoms with E-state index in [4.69, 9.17) is 16.3 Å². The highest BCUT2D eigenvalue weighted by atomic mass is 35.5. The van der Waals surface area contributed by atoms with Gasteiger partial charge in [-0.1, -0.05) is 11.6 Å². The van der Waals surface area contributed by atoms with Crippen LogP contribution < -0.4 is 15.4 Å². The number of ether oxygens (including phenoxy) is 1. The molecule has 0 aliphatic heterocycles. The van der Waals surface area contributed by atoms with Gasteiger partial charge in [-0.2, -0.15) is 0 Å². The number of hydrogen-bond acceptors (Lipinski definition) is 5. The van der Waals surface area contributed by atoms with Crippen LogP contribution in [-0.4, -0.2) is 22.5 Å². The van der Waals surface area contributed by atoms with Crippen molar-refractivity contribution in [2.45, 2.75) is 6.92 Å². The second-order valence-corrected chi connectivity index (χ2v) is 5.86. The molecule has 8 heteroatoms. The fraction of sp³-hybridized carbons (Fsp3) is 0.105. The third-order valence-corrected chi connectivity index (χ3v) is 3.79. The molecule has 138 valence electrons. The highest BCUT2D eigenvalue weighted by Crippen LogP contribution is 2.20. The Morgan fingerprint density at radius 3 is 2.48 bits per heavy atom. The molecule has 3 aromatic rings. The first-order valence-corrected chi connectivity index (χ1v) is 8.51. The zero-order valence-electron chi connectivity index (χ0n) is 14.4. The van der Waals surface area contributed by atoms with Crippen LogP contribution in [0.2, 0.25) is 5.02 Å². The summed E-state index contributed by atoms with van der Waals surface area (Å²) in [6, 6.07) is 11.3. The highest BCUT2D eigenvalue weighted by Gasteiger charge is 2.10. The zero-order chi connectivity index (χ0) is 19.2. The summed E-state index contributed by atoms with van der Waals surface area (Å²) in [5.41, 5.74) is 1.29. The van der Waals surface area contributed by atoms with Gasteiger partial charge in [-0.15, -0.1) is 0 Å². The number of carbonyl (C=O) groups excluding carboxylic acids is 1. The average molecular weight is 387 g/mol. The number of carbonyl (C=O) groups is 1. The van der Waals surface area contributed by atoms with E-state index in [0.29, 0.717) is 18.1 Å². The van der Waals surface area contributed by atoms with E-state index in [1.165, 1.54) is 30.6 Å². The Hall–Kier alpha value is -3.19. The van der Waals surface area contributed by atoms with Gasteiger partial charge in [0.2, 0.25) is 0 Å². The number of nitrogens with one attached hydrogen (secondary N) is 2. The molecule has 0 aliphatic carbocycles. The van der Waals surface area contributed by atoms with Crippen molar-refractivity contribution in [3.8, 4) is 5.75 Å². The summed E-state index contributed by atoms with van der Waals surface area (Å²) in [6.07, 6.45) is 2.79. The average Bonchev–Trinajstić information content (AvgIpc) is 2.67. The second kappa shape index (κ2) is 8.46. The lowest BCUT2D eigenvalue weighted by Crippen LogP contribution is -2.14. The summed E-state index contributed by atoms with van der Waals surface area (Å²) in [6.45, 7) is 2.52. The second-order valence-electron chi connectivity index (χ2n) is 5.45. The molecule has 0 aliphatic rings. The molecule has 2 N–H and O–H groups in total. The van der Waals surface area contributed by atoms with Gasteiger partial charge in [-0.05, 0) is 49.4 Å². The van der Waals surface area contributed by atoms with Gasteiger partial charge < -0.3 is 15.4 Å². The summed E-state index contributed by atoms with van der Waals surface area (Å²) in [5, 5.41) is 5.59. The maximum atomic E-state index is 13.2. The molecular formula is C19H16ClFN4O2. The molecule has 27 heavy (non-hydrogen) atoms. The van der Waals surface area contributed by atoms with Crippen LogP contribution in [0.25, 0.3) is 0 Å². The summed E-state index contributed by atoms with van der Waals surface area (Å²) < 4.78 is 18.5. The van der Waals surface area contributed by atoms with Crippen LogP contribution in [0.3, 0.4) is 0 Å². The van der Waals surface area contributed by atoms with Gasteiger partial charge in [0.05, 0.1) is 24.0 Å². The minimum atomic E-state index is -0.556. The number of rotatable bonds is 6. The Morgan fingerprint density at radius 1 is 1.11 bits per heavy atom. The molecule has 0 spiro atoms. The third kappa shape index (κ3) is 4.92. The smallest absolute Gasteiger partial charge is 0.275 e. The van der Waals surface area contributed by atoms with E-state index >= 15 is 0 Å². The summed E-state index contributed by atoms with van der Waals surface area (Å²) in [4.78, 5) is 20.5. The van der Waals surface area contributed by atoms with E-state index in [2.05, 4.69) is 20.6 Å². The third-order valence-electron chi connectivity index (χ3n) is 3.50. The summed E-state index contributed by atoms with van der Waals surface area (Å²) >= 11 is 5.70. The van der Waals surface area contributed by atoms with Crippen LogP contribution in [0.1, 0.15) is 17.4 Å². The molecule has 0 fully saturated rings. The molecule has 1 heterocycles. The Labute approximate surface area is 160 Å². The quantitative estimate of drug-likeness (QED) is 0.644. The zero-order valence-corrected chi connectivity index (χ0v) is 15.1. The van der Waals surface area contributed by atoms with Crippen LogP contribution >= 0.6 is 11.6 Å². The summed E-state index contributed by atoms with van der Waals surface area (Å²) in [7, 11) is 0. The van der Waals surface area contributed by atoms with Gasteiger partial charge in [0, 0.05) is 11.4 Å². The molecule has 0 saturated carbocycles. The molecule has 3 rings (SSSR count). The molecule has 0 unspecified atom stereocenters. The standard InChI is InChI=1S/C19H16ClFN4O2/c1-2-27-14-6-3-12(4-7-14)24-18-11-22-17(10-23-18)19(26)25-13-5-8-16(21)15(20)9-13/h3-11H,2H2,1H3,(H,23,24)(H,25,26). The van der Waals surface area contributed by atoms with Gasteiger partial charge in [0.1, 0.15) is 23.1 Å². The number of nitrogens with zero attached hydrogens (tertiary/aromatic N) is 2. The van der Waals surface area contributed by atoms with E-state index in [9.17, 15) is 9.18 Å². The molecule has 0 radical (unpaired) electrons. The first-order chi connectivity index (χ1) is 13.0. The minimum absolute atomic E-state index is 0.0752. The van der Waals surface area contributed by atoms with E-state index in [-0.39, 0.29) is 10.7 Å². The lowest BCUT2D eigenvalue weighted by Gasteiger charge is -2.08. The lowest BCUT2D eigenvalue weighted by molar-refractivity contribution is 0.102. The van der Waals surface area contributed by atoms with Gasteiger partial charge in [0.15, 0.2) is 0 Å². The van der Waals surface area contributed by atoms with Gasteiger partial charge in [0.25, 0.3) is 5.91 Å². The van der Waals surface area contributed by atoms with E-state index in [1.807, 2.05) is 31.2 Å². The van der Waals surface area contributed by atoms with Crippen LogP contribution in [0.15, 0.2) is 54.9 Å². The monoisotopic (exact) mass is 386 g/mol. The van der Waals surface area contributed by atoms with Crippen molar-refractivity contribution in [1.29, 1.82) is 0 Å². The first-order valence-electron chi connectivity index (χ1n) is 8.13. The molecule has 0 saturated heterocycles. The van der Waals surface area contributed by atoms with Crippen LogP contribution in [-0.2, 0) is 0 Å². The number of amides is 1. The van der Waals surface area contributed by atoms with Gasteiger partial charge >= 0.3 is 0 Å². The van der Waals surface area contributed by atoms with Crippen molar-refractivity contribution in [2.24, 2.45) is 0 Å². The first kappa shape index (κ1) is 18.6. The topological polar surface area (TPSA) is 76.1 Å². The van der Waals surface area contributed by atoms with Gasteiger partial charge in [-0.25, -0.2) is 14.4 Å². The van der Waals surface area contributed by atoms with Crippen molar-refractivity contribution in [1.82, 2.24) is 9.97 Å². The lowest BCUT2D eigenvalue weighted by atomic mass is 10.3. The fourth-order valence-electron chi connectivity index (χ4n) is 2.23. The normalized spacial score (nSPS) is 10.3. The predicted octanol–water partition coefficient (Wildman–Crippen LogP) is 4.66. The van der Waals surface area contributed by atoms with Gasteiger partial charge in [-0.3, -0.25) is 4.79 Å². The van der Waals surface area contributed by atoms with Crippen LogP contribution in [0, 0.1) is 5.82 Å². The Morgan fingerprint density at radius 2 is 1.85 bits per heavy atom. The maximum Gasteiger partial charge on any atom is 0.275 e. The maximum absolute atomic E-state index is 13.2. The Bertz CT molecular complexity index is 933. The number of benzene rings is 2.